The van der Waals surface area contributed by atoms with Crippen LogP contribution in [-0.4, -0.2) is 46.6 Å². The highest BCUT2D eigenvalue weighted by Crippen LogP contribution is 2.22. The van der Waals surface area contributed by atoms with Crippen LogP contribution >= 0.6 is 0 Å². The monoisotopic (exact) mass is 337 g/mol. The number of rotatable bonds is 8. The molecule has 1 aromatic carbocycles. The number of aliphatic hydroxyl groups is 1. The van der Waals surface area contributed by atoms with E-state index in [0.717, 1.165) is 5.56 Å². The minimum atomic E-state index is -0.983. The van der Waals surface area contributed by atoms with Gasteiger partial charge >= 0.3 is 11.7 Å². The van der Waals surface area contributed by atoms with Crippen molar-refractivity contribution in [2.24, 2.45) is 0 Å². The summed E-state index contributed by atoms with van der Waals surface area (Å²) in [5.74, 6) is -0.795. The predicted octanol–water partition coefficient (Wildman–Crippen LogP) is 1.56. The Bertz CT molecular complexity index is 574. The third-order valence-electron chi connectivity index (χ3n) is 3.70. The summed E-state index contributed by atoms with van der Waals surface area (Å²) in [7, 11) is 0. The standard InChI is InChI=1S/C17H23NO6/c1-3-8-13(19)15-16(23-11-12-9-6-5-7-10-12)14(18(21)24-15)17(20)22-4-2/h5-7,9-10,13,15-16,19H,3-4,8,11H2,1-2H3/t13?,15?,16-/m1/s1. The maximum absolute atomic E-state index is 12.1. The number of benzene rings is 1. The summed E-state index contributed by atoms with van der Waals surface area (Å²) >= 11 is 0. The number of carbonyl (C=O) groups excluding carboxylic acids is 1. The molecule has 3 atom stereocenters. The van der Waals surface area contributed by atoms with Gasteiger partial charge < -0.3 is 19.4 Å². The van der Waals surface area contributed by atoms with Crippen molar-refractivity contribution in [2.45, 2.75) is 51.6 Å². The van der Waals surface area contributed by atoms with Crippen LogP contribution in [0.25, 0.3) is 0 Å². The van der Waals surface area contributed by atoms with Crippen LogP contribution in [0.15, 0.2) is 30.3 Å². The van der Waals surface area contributed by atoms with E-state index < -0.39 is 24.3 Å². The zero-order valence-electron chi connectivity index (χ0n) is 13.9. The molecule has 0 spiro atoms. The van der Waals surface area contributed by atoms with E-state index in [9.17, 15) is 15.1 Å². The molecule has 0 amide bonds. The van der Waals surface area contributed by atoms with Gasteiger partial charge in [-0.2, -0.15) is 0 Å². The smallest absolute Gasteiger partial charge is 0.408 e. The fourth-order valence-corrected chi connectivity index (χ4v) is 2.54. The Morgan fingerprint density at radius 1 is 1.38 bits per heavy atom. The molecule has 132 valence electrons. The lowest BCUT2D eigenvalue weighted by Crippen LogP contribution is -2.43. The van der Waals surface area contributed by atoms with Crippen LogP contribution in [0, 0.1) is 5.21 Å². The second kappa shape index (κ2) is 8.65. The molecule has 0 fully saturated rings. The lowest BCUT2D eigenvalue weighted by atomic mass is 10.0. The summed E-state index contributed by atoms with van der Waals surface area (Å²) in [5, 5.41) is 22.2. The Morgan fingerprint density at radius 3 is 2.71 bits per heavy atom. The molecule has 1 aliphatic heterocycles. The number of hydrogen-bond donors (Lipinski definition) is 1. The number of esters is 1. The molecule has 1 aliphatic rings. The van der Waals surface area contributed by atoms with E-state index in [-0.39, 0.29) is 23.8 Å². The summed E-state index contributed by atoms with van der Waals surface area (Å²) < 4.78 is 10.7. The van der Waals surface area contributed by atoms with Crippen molar-refractivity contribution in [2.75, 3.05) is 6.61 Å². The number of ether oxygens (including phenoxy) is 2. The van der Waals surface area contributed by atoms with Gasteiger partial charge in [-0.1, -0.05) is 43.7 Å². The van der Waals surface area contributed by atoms with Crippen molar-refractivity contribution < 1.29 is 29.1 Å². The molecule has 1 N–H and O–H groups in total. The number of nitrogens with zero attached hydrogens (tertiary/aromatic N) is 1. The molecule has 0 radical (unpaired) electrons. The van der Waals surface area contributed by atoms with Crippen LogP contribution in [0.4, 0.5) is 0 Å². The number of carbonyl (C=O) groups is 1. The fourth-order valence-electron chi connectivity index (χ4n) is 2.54. The first-order chi connectivity index (χ1) is 11.6. The molecule has 0 saturated heterocycles. The van der Waals surface area contributed by atoms with Gasteiger partial charge in [0, 0.05) is 0 Å². The third-order valence-corrected chi connectivity index (χ3v) is 3.70. The van der Waals surface area contributed by atoms with Crippen LogP contribution in [0.1, 0.15) is 32.3 Å². The SMILES string of the molecule is CCCC(O)C1O[N+]([O-])=C(C(=O)OCC)[C@H]1OCc1ccccc1. The molecule has 7 heteroatoms. The van der Waals surface area contributed by atoms with E-state index in [2.05, 4.69) is 0 Å². The van der Waals surface area contributed by atoms with E-state index in [1.807, 2.05) is 37.3 Å². The van der Waals surface area contributed by atoms with Gasteiger partial charge in [0.25, 0.3) is 0 Å². The normalized spacial score (nSPS) is 21.5. The van der Waals surface area contributed by atoms with Crippen LogP contribution < -0.4 is 0 Å². The maximum Gasteiger partial charge on any atom is 0.408 e. The van der Waals surface area contributed by atoms with Crippen LogP contribution in [-0.2, 0) is 25.7 Å². The topological polar surface area (TPSA) is 91.1 Å². The van der Waals surface area contributed by atoms with Gasteiger partial charge in [-0.15, -0.1) is 0 Å². The summed E-state index contributed by atoms with van der Waals surface area (Å²) in [5.41, 5.74) is 0.613. The van der Waals surface area contributed by atoms with Crippen LogP contribution in [0.3, 0.4) is 0 Å². The van der Waals surface area contributed by atoms with Gasteiger partial charge in [-0.05, 0) is 18.9 Å². The third kappa shape index (κ3) is 4.24. The summed E-state index contributed by atoms with van der Waals surface area (Å²) in [6.07, 6.45) is -1.70. The zero-order chi connectivity index (χ0) is 17.5. The van der Waals surface area contributed by atoms with Gasteiger partial charge in [0.2, 0.25) is 0 Å². The van der Waals surface area contributed by atoms with E-state index >= 15 is 0 Å². The summed E-state index contributed by atoms with van der Waals surface area (Å²) in [6, 6.07) is 9.34. The molecule has 0 aromatic heterocycles. The van der Waals surface area contributed by atoms with Gasteiger partial charge in [-0.3, -0.25) is 5.21 Å². The van der Waals surface area contributed by atoms with E-state index in [0.29, 0.717) is 12.8 Å². The highest BCUT2D eigenvalue weighted by Gasteiger charge is 2.49. The Morgan fingerprint density at radius 2 is 2.08 bits per heavy atom. The minimum Gasteiger partial charge on any atom is -0.458 e. The highest BCUT2D eigenvalue weighted by atomic mass is 16.9. The first-order valence-corrected chi connectivity index (χ1v) is 8.10. The molecule has 0 aliphatic carbocycles. The molecule has 2 rings (SSSR count). The van der Waals surface area contributed by atoms with Crippen molar-refractivity contribution in [3.63, 3.8) is 0 Å². The Balaban J connectivity index is 2.17. The molecule has 0 saturated carbocycles. The molecular formula is C17H23NO6. The average molecular weight is 337 g/mol. The zero-order valence-corrected chi connectivity index (χ0v) is 13.9. The lowest BCUT2D eigenvalue weighted by Gasteiger charge is -2.23. The van der Waals surface area contributed by atoms with Crippen LogP contribution in [0.5, 0.6) is 0 Å². The van der Waals surface area contributed by atoms with Gasteiger partial charge in [0.15, 0.2) is 6.10 Å². The molecular weight excluding hydrogens is 314 g/mol. The van der Waals surface area contributed by atoms with Crippen molar-refractivity contribution in [1.29, 1.82) is 0 Å². The summed E-state index contributed by atoms with van der Waals surface area (Å²) in [4.78, 5) is 17.3. The number of hydrogen-bond acceptors (Lipinski definition) is 6. The average Bonchev–Trinajstić information content (AvgIpc) is 2.91. The van der Waals surface area contributed by atoms with Gasteiger partial charge in [0.1, 0.15) is 6.10 Å². The Hall–Kier alpha value is -2.12. The fraction of sp³-hybridized carbons (Fsp3) is 0.529. The largest absolute Gasteiger partial charge is 0.458 e. The molecule has 0 bridgehead atoms. The van der Waals surface area contributed by atoms with Crippen molar-refractivity contribution in [1.82, 2.24) is 0 Å². The van der Waals surface area contributed by atoms with Crippen LogP contribution in [0.2, 0.25) is 0 Å². The van der Waals surface area contributed by atoms with Crippen molar-refractivity contribution in [3.8, 4) is 0 Å². The van der Waals surface area contributed by atoms with E-state index in [4.69, 9.17) is 14.3 Å². The van der Waals surface area contributed by atoms with E-state index in [1.165, 1.54) is 0 Å². The Labute approximate surface area is 141 Å². The van der Waals surface area contributed by atoms with Crippen molar-refractivity contribution in [3.05, 3.63) is 41.1 Å². The van der Waals surface area contributed by atoms with E-state index in [1.54, 1.807) is 6.92 Å². The molecule has 1 aromatic rings. The first-order valence-electron chi connectivity index (χ1n) is 8.10. The Kier molecular flexibility index (Phi) is 6.57. The maximum atomic E-state index is 12.1. The predicted molar refractivity (Wildman–Crippen MR) is 86.1 cm³/mol. The molecule has 1 heterocycles. The highest BCUT2D eigenvalue weighted by molar-refractivity contribution is 6.36. The minimum absolute atomic E-state index is 0.108. The first kappa shape index (κ1) is 18.2. The van der Waals surface area contributed by atoms with Gasteiger partial charge in [0.05, 0.1) is 24.2 Å². The molecule has 7 nitrogen and oxygen atoms in total. The number of aliphatic hydroxyl groups excluding tert-OH is 1. The molecule has 2 unspecified atom stereocenters. The van der Waals surface area contributed by atoms with Crippen molar-refractivity contribution >= 4 is 11.7 Å². The molecule has 24 heavy (non-hydrogen) atoms. The summed E-state index contributed by atoms with van der Waals surface area (Å²) in [6.45, 7) is 3.86. The lowest BCUT2D eigenvalue weighted by molar-refractivity contribution is -0.742. The second-order valence-corrected chi connectivity index (χ2v) is 5.51. The second-order valence-electron chi connectivity index (χ2n) is 5.51. The quantitative estimate of drug-likeness (QED) is 0.572. The van der Waals surface area contributed by atoms with Gasteiger partial charge in [-0.25, -0.2) is 4.79 Å².